The molecule has 2 unspecified atom stereocenters. The summed E-state index contributed by atoms with van der Waals surface area (Å²) in [5, 5.41) is 22.6. The van der Waals surface area contributed by atoms with Crippen LogP contribution < -0.4 is 5.32 Å². The molecule has 0 aromatic carbocycles. The molecule has 0 saturated carbocycles. The van der Waals surface area contributed by atoms with Gasteiger partial charge in [0, 0.05) is 6.42 Å². The molecule has 1 amide bonds. The quantitative estimate of drug-likeness (QED) is 0.0455. The maximum absolute atomic E-state index is 12.0. The second-order valence-corrected chi connectivity index (χ2v) is 14.4. The van der Waals surface area contributed by atoms with Gasteiger partial charge in [-0.05, 0) is 32.1 Å². The molecule has 0 aromatic rings. The number of carbonyl (C=O) groups is 1. The Morgan fingerprint density at radius 2 is 0.830 bits per heavy atom. The van der Waals surface area contributed by atoms with E-state index in [4.69, 9.17) is 0 Å². The van der Waals surface area contributed by atoms with Crippen LogP contribution in [0, 0.1) is 0 Å². The highest BCUT2D eigenvalue weighted by Crippen LogP contribution is 2.16. The van der Waals surface area contributed by atoms with Crippen molar-refractivity contribution in [2.45, 2.75) is 238 Å². The maximum atomic E-state index is 12.0. The molecular weight excluding hydrogens is 578 g/mol. The second kappa shape index (κ2) is 39.3. The van der Waals surface area contributed by atoms with Crippen LogP contribution in [0.4, 0.5) is 0 Å². The van der Waals surface area contributed by atoms with Crippen LogP contribution in [0.25, 0.3) is 0 Å². The molecular formula is C43H83NO3. The summed E-state index contributed by atoms with van der Waals surface area (Å²) in [4.78, 5) is 12.0. The summed E-state index contributed by atoms with van der Waals surface area (Å²) in [5.74, 6) is -0.0913. The van der Waals surface area contributed by atoms with Crippen LogP contribution >= 0.6 is 0 Å². The van der Waals surface area contributed by atoms with Crippen LogP contribution in [0.1, 0.15) is 226 Å². The van der Waals surface area contributed by atoms with Gasteiger partial charge in [-0.25, -0.2) is 0 Å². The minimum Gasteiger partial charge on any atom is -0.394 e. The van der Waals surface area contributed by atoms with Crippen molar-refractivity contribution < 1.29 is 15.0 Å². The van der Waals surface area contributed by atoms with Gasteiger partial charge in [-0.3, -0.25) is 4.79 Å². The fourth-order valence-corrected chi connectivity index (χ4v) is 6.43. The summed E-state index contributed by atoms with van der Waals surface area (Å²) < 4.78 is 0. The molecule has 0 fully saturated rings. The van der Waals surface area contributed by atoms with E-state index in [-0.39, 0.29) is 12.5 Å². The van der Waals surface area contributed by atoms with E-state index in [2.05, 4.69) is 31.3 Å². The lowest BCUT2D eigenvalue weighted by molar-refractivity contribution is -0.123. The number of unbranched alkanes of at least 4 members (excludes halogenated alkanes) is 29. The number of amides is 1. The molecule has 0 spiro atoms. The van der Waals surface area contributed by atoms with E-state index in [9.17, 15) is 15.0 Å². The number of nitrogens with one attached hydrogen (secondary N) is 1. The van der Waals surface area contributed by atoms with Crippen molar-refractivity contribution in [2.75, 3.05) is 6.61 Å². The van der Waals surface area contributed by atoms with E-state index in [1.807, 2.05) is 6.08 Å². The molecule has 0 radical (unpaired) electrons. The highest BCUT2D eigenvalue weighted by atomic mass is 16.3. The molecule has 4 heteroatoms. The molecule has 0 saturated heterocycles. The summed E-state index contributed by atoms with van der Waals surface area (Å²) in [5.41, 5.74) is 0. The maximum Gasteiger partial charge on any atom is 0.220 e. The lowest BCUT2D eigenvalue weighted by Crippen LogP contribution is -2.45. The third-order valence-electron chi connectivity index (χ3n) is 9.69. The summed E-state index contributed by atoms with van der Waals surface area (Å²) in [6, 6.07) is -0.631. The Bertz CT molecular complexity index is 676. The van der Waals surface area contributed by atoms with Crippen LogP contribution in [0.2, 0.25) is 0 Å². The average molecular weight is 662 g/mol. The first-order valence-electron chi connectivity index (χ1n) is 21.1. The molecule has 4 nitrogen and oxygen atoms in total. The fraction of sp³-hybridized carbons (Fsp3) is 0.884. The number of carbonyl (C=O) groups excluding carboxylic acids is 1. The van der Waals surface area contributed by atoms with Crippen molar-refractivity contribution in [3.8, 4) is 0 Å². The van der Waals surface area contributed by atoms with Gasteiger partial charge in [-0.2, -0.15) is 0 Å². The Morgan fingerprint density at radius 1 is 0.489 bits per heavy atom. The summed E-state index contributed by atoms with van der Waals surface area (Å²) in [7, 11) is 0. The zero-order valence-corrected chi connectivity index (χ0v) is 31.8. The third-order valence-corrected chi connectivity index (χ3v) is 9.69. The van der Waals surface area contributed by atoms with Crippen molar-refractivity contribution in [3.63, 3.8) is 0 Å². The molecule has 47 heavy (non-hydrogen) atoms. The Kier molecular flexibility index (Phi) is 38.4. The highest BCUT2D eigenvalue weighted by Gasteiger charge is 2.17. The topological polar surface area (TPSA) is 69.6 Å². The number of hydrogen-bond acceptors (Lipinski definition) is 3. The fourth-order valence-electron chi connectivity index (χ4n) is 6.43. The first-order valence-corrected chi connectivity index (χ1v) is 21.1. The number of aliphatic hydroxyl groups is 2. The largest absolute Gasteiger partial charge is 0.394 e. The van der Waals surface area contributed by atoms with Crippen molar-refractivity contribution in [2.24, 2.45) is 0 Å². The lowest BCUT2D eigenvalue weighted by atomic mass is 10.0. The molecule has 0 aliphatic heterocycles. The van der Waals surface area contributed by atoms with Crippen LogP contribution in [0.5, 0.6) is 0 Å². The van der Waals surface area contributed by atoms with Gasteiger partial charge >= 0.3 is 0 Å². The minimum absolute atomic E-state index is 0.0913. The van der Waals surface area contributed by atoms with Gasteiger partial charge in [-0.1, -0.05) is 212 Å². The predicted octanol–water partition coefficient (Wildman–Crippen LogP) is 12.8. The van der Waals surface area contributed by atoms with Gasteiger partial charge in [-0.15, -0.1) is 0 Å². The standard InChI is InChI=1S/C43H83NO3/c1-3-5-7-9-10-11-12-13-14-15-16-17-18-19-20-21-22-23-24-25-26-27-28-29-30-31-32-33-34-35-36-38-42(46)41(40-45)44-43(47)39-37-8-6-4-2/h32-33,36,38,41-42,45-46H,3-31,34-35,37,39-40H2,1-2H3,(H,44,47)/b33-32+,38-36+. The van der Waals surface area contributed by atoms with Gasteiger partial charge in [0.15, 0.2) is 0 Å². The molecule has 278 valence electrons. The van der Waals surface area contributed by atoms with E-state index in [0.29, 0.717) is 6.42 Å². The smallest absolute Gasteiger partial charge is 0.220 e. The number of allylic oxidation sites excluding steroid dienone is 3. The Balaban J connectivity index is 3.38. The SMILES string of the molecule is CCCCCCCCCCCCCCCCCCCCCCCCCCC/C=C/CC/C=C/C(O)C(CO)NC(=O)CCCCCC. The van der Waals surface area contributed by atoms with E-state index >= 15 is 0 Å². The molecule has 0 rings (SSSR count). The molecule has 0 aliphatic carbocycles. The van der Waals surface area contributed by atoms with Crippen molar-refractivity contribution in [3.05, 3.63) is 24.3 Å². The molecule has 0 bridgehead atoms. The summed E-state index contributed by atoms with van der Waals surface area (Å²) in [6.45, 7) is 4.18. The van der Waals surface area contributed by atoms with Crippen molar-refractivity contribution in [1.29, 1.82) is 0 Å². The molecule has 0 aliphatic rings. The second-order valence-electron chi connectivity index (χ2n) is 14.4. The normalized spacial score (nSPS) is 13.2. The summed E-state index contributed by atoms with van der Waals surface area (Å²) >= 11 is 0. The average Bonchev–Trinajstić information content (AvgIpc) is 3.08. The van der Waals surface area contributed by atoms with E-state index in [1.54, 1.807) is 6.08 Å². The summed E-state index contributed by atoms with van der Waals surface area (Å²) in [6.07, 6.45) is 50.7. The van der Waals surface area contributed by atoms with Crippen LogP contribution in [-0.2, 0) is 4.79 Å². The molecule has 0 heterocycles. The monoisotopic (exact) mass is 662 g/mol. The van der Waals surface area contributed by atoms with E-state index < -0.39 is 12.1 Å². The van der Waals surface area contributed by atoms with Crippen LogP contribution in [0.15, 0.2) is 24.3 Å². The van der Waals surface area contributed by atoms with Gasteiger partial charge in [0.1, 0.15) is 0 Å². The van der Waals surface area contributed by atoms with E-state index in [1.165, 1.54) is 161 Å². The number of hydrogen-bond donors (Lipinski definition) is 3. The third kappa shape index (κ3) is 36.0. The molecule has 3 N–H and O–H groups in total. The molecule has 0 aromatic heterocycles. The zero-order chi connectivity index (χ0) is 34.3. The number of aliphatic hydroxyl groups excluding tert-OH is 2. The Morgan fingerprint density at radius 3 is 1.23 bits per heavy atom. The highest BCUT2D eigenvalue weighted by molar-refractivity contribution is 5.76. The predicted molar refractivity (Wildman–Crippen MR) is 207 cm³/mol. The van der Waals surface area contributed by atoms with Gasteiger partial charge < -0.3 is 15.5 Å². The van der Waals surface area contributed by atoms with Crippen molar-refractivity contribution >= 4 is 5.91 Å². The first kappa shape index (κ1) is 45.9. The lowest BCUT2D eigenvalue weighted by Gasteiger charge is -2.19. The molecule has 2 atom stereocenters. The number of rotatable bonds is 38. The van der Waals surface area contributed by atoms with E-state index in [0.717, 1.165) is 44.9 Å². The van der Waals surface area contributed by atoms with Gasteiger partial charge in [0.05, 0.1) is 18.8 Å². The Hall–Kier alpha value is -1.13. The van der Waals surface area contributed by atoms with Gasteiger partial charge in [0.25, 0.3) is 0 Å². The van der Waals surface area contributed by atoms with Crippen LogP contribution in [0.3, 0.4) is 0 Å². The first-order chi connectivity index (χ1) is 23.2. The van der Waals surface area contributed by atoms with Crippen molar-refractivity contribution in [1.82, 2.24) is 5.32 Å². The van der Waals surface area contributed by atoms with Gasteiger partial charge in [0.2, 0.25) is 5.91 Å². The minimum atomic E-state index is -0.854. The Labute approximate surface area is 294 Å². The van der Waals surface area contributed by atoms with Crippen LogP contribution in [-0.4, -0.2) is 34.9 Å². The zero-order valence-electron chi connectivity index (χ0n) is 31.8.